The monoisotopic (exact) mass is 315 g/mol. The topological polar surface area (TPSA) is 99.6 Å². The van der Waals surface area contributed by atoms with Gasteiger partial charge < -0.3 is 5.11 Å². The van der Waals surface area contributed by atoms with E-state index in [1.807, 2.05) is 18.2 Å². The maximum atomic E-state index is 12.0. The minimum Gasteiger partial charge on any atom is -0.481 e. The Balaban J connectivity index is 2.12. The number of thiazole rings is 1. The van der Waals surface area contributed by atoms with Gasteiger partial charge in [-0.2, -0.15) is 12.7 Å². The first kappa shape index (κ1) is 14.7. The maximum absolute atomic E-state index is 12.0. The van der Waals surface area contributed by atoms with Crippen molar-refractivity contribution >= 4 is 42.9 Å². The molecule has 7 nitrogen and oxygen atoms in total. The van der Waals surface area contributed by atoms with Gasteiger partial charge in [0.05, 0.1) is 16.6 Å². The molecule has 2 rings (SSSR count). The van der Waals surface area contributed by atoms with E-state index in [1.165, 1.54) is 18.4 Å². The standard InChI is InChI=1S/C11H13N3O4S2/c1-14(7-6-10(15)16)20(17,18)13-11-12-8-4-2-3-5-9(8)19-11/h2-5H,6-7H2,1H3,(H,12,13)(H,15,16). The molecule has 0 unspecified atom stereocenters. The fourth-order valence-electron chi connectivity index (χ4n) is 1.48. The van der Waals surface area contributed by atoms with Crippen LogP contribution in [0.1, 0.15) is 6.42 Å². The number of para-hydroxylation sites is 1. The Morgan fingerprint density at radius 1 is 1.45 bits per heavy atom. The van der Waals surface area contributed by atoms with E-state index in [4.69, 9.17) is 5.11 Å². The van der Waals surface area contributed by atoms with Crippen molar-refractivity contribution in [1.29, 1.82) is 0 Å². The van der Waals surface area contributed by atoms with Gasteiger partial charge in [0.2, 0.25) is 0 Å². The van der Waals surface area contributed by atoms with Crippen LogP contribution in [0.4, 0.5) is 5.13 Å². The smallest absolute Gasteiger partial charge is 0.304 e. The van der Waals surface area contributed by atoms with E-state index in [-0.39, 0.29) is 18.1 Å². The molecule has 1 aromatic carbocycles. The van der Waals surface area contributed by atoms with Gasteiger partial charge in [0.25, 0.3) is 0 Å². The van der Waals surface area contributed by atoms with E-state index >= 15 is 0 Å². The van der Waals surface area contributed by atoms with Gasteiger partial charge in [-0.25, -0.2) is 9.71 Å². The SMILES string of the molecule is CN(CCC(=O)O)S(=O)(=O)Nc1nc2ccccc2s1. The Kier molecular flexibility index (Phi) is 4.21. The number of fused-ring (bicyclic) bond motifs is 1. The third-order valence-electron chi connectivity index (χ3n) is 2.56. The summed E-state index contributed by atoms with van der Waals surface area (Å²) in [5.74, 6) is -1.05. The highest BCUT2D eigenvalue weighted by Crippen LogP contribution is 2.26. The van der Waals surface area contributed by atoms with E-state index < -0.39 is 16.2 Å². The van der Waals surface area contributed by atoms with Gasteiger partial charge >= 0.3 is 16.2 Å². The third kappa shape index (κ3) is 3.44. The zero-order chi connectivity index (χ0) is 14.8. The summed E-state index contributed by atoms with van der Waals surface area (Å²) in [5.41, 5.74) is 0.711. The molecule has 9 heteroatoms. The van der Waals surface area contributed by atoms with E-state index in [9.17, 15) is 13.2 Å². The molecule has 0 fully saturated rings. The van der Waals surface area contributed by atoms with Crippen LogP contribution in [0, 0.1) is 0 Å². The van der Waals surface area contributed by atoms with Crippen molar-refractivity contribution in [3.8, 4) is 0 Å². The molecule has 0 spiro atoms. The zero-order valence-corrected chi connectivity index (χ0v) is 12.2. The van der Waals surface area contributed by atoms with Gasteiger partial charge in [-0.1, -0.05) is 23.5 Å². The number of rotatable bonds is 6. The van der Waals surface area contributed by atoms with E-state index in [2.05, 4.69) is 9.71 Å². The van der Waals surface area contributed by atoms with Crippen LogP contribution < -0.4 is 4.72 Å². The fraction of sp³-hybridized carbons (Fsp3) is 0.273. The normalized spacial score (nSPS) is 11.9. The maximum Gasteiger partial charge on any atom is 0.304 e. The molecular formula is C11H13N3O4S2. The highest BCUT2D eigenvalue weighted by Gasteiger charge is 2.20. The lowest BCUT2D eigenvalue weighted by molar-refractivity contribution is -0.137. The summed E-state index contributed by atoms with van der Waals surface area (Å²) in [7, 11) is -2.47. The third-order valence-corrected chi connectivity index (χ3v) is 5.10. The Hall–Kier alpha value is -1.71. The van der Waals surface area contributed by atoms with Crippen molar-refractivity contribution in [2.45, 2.75) is 6.42 Å². The summed E-state index contributed by atoms with van der Waals surface area (Å²) in [6, 6.07) is 7.30. The largest absolute Gasteiger partial charge is 0.481 e. The average molecular weight is 315 g/mol. The molecule has 20 heavy (non-hydrogen) atoms. The predicted octanol–water partition coefficient (Wildman–Crippen LogP) is 1.36. The van der Waals surface area contributed by atoms with Gasteiger partial charge in [0.1, 0.15) is 0 Å². The number of aliphatic carboxylic acids is 1. The Bertz CT molecular complexity index is 693. The molecule has 0 aliphatic heterocycles. The number of hydrogen-bond donors (Lipinski definition) is 2. The number of carboxylic acids is 1. The molecule has 0 radical (unpaired) electrons. The van der Waals surface area contributed by atoms with Gasteiger partial charge in [-0.05, 0) is 12.1 Å². The molecule has 1 aromatic heterocycles. The van der Waals surface area contributed by atoms with Crippen LogP contribution in [0.2, 0.25) is 0 Å². The Morgan fingerprint density at radius 2 is 2.15 bits per heavy atom. The Labute approximate surface area is 120 Å². The summed E-state index contributed by atoms with van der Waals surface area (Å²) >= 11 is 1.22. The van der Waals surface area contributed by atoms with E-state index in [1.54, 1.807) is 6.07 Å². The van der Waals surface area contributed by atoms with Crippen molar-refractivity contribution in [3.63, 3.8) is 0 Å². The highest BCUT2D eigenvalue weighted by atomic mass is 32.2. The van der Waals surface area contributed by atoms with Gasteiger partial charge in [-0.3, -0.25) is 4.79 Å². The molecule has 1 heterocycles. The summed E-state index contributed by atoms with van der Waals surface area (Å²) in [4.78, 5) is 14.6. The molecule has 108 valence electrons. The highest BCUT2D eigenvalue weighted by molar-refractivity contribution is 7.90. The summed E-state index contributed by atoms with van der Waals surface area (Å²) in [6.07, 6.45) is -0.253. The van der Waals surface area contributed by atoms with Gasteiger partial charge in [-0.15, -0.1) is 0 Å². The van der Waals surface area contributed by atoms with Crippen molar-refractivity contribution in [2.75, 3.05) is 18.3 Å². The molecule has 0 atom stereocenters. The van der Waals surface area contributed by atoms with Crippen LogP contribution in [-0.4, -0.2) is 42.4 Å². The summed E-state index contributed by atoms with van der Waals surface area (Å²) in [5, 5.41) is 8.82. The van der Waals surface area contributed by atoms with E-state index in [0.29, 0.717) is 5.52 Å². The number of carbonyl (C=O) groups is 1. The summed E-state index contributed by atoms with van der Waals surface area (Å²) in [6.45, 7) is -0.102. The summed E-state index contributed by atoms with van der Waals surface area (Å²) < 4.78 is 28.1. The minimum absolute atomic E-state index is 0.102. The molecule has 2 N–H and O–H groups in total. The van der Waals surface area contributed by atoms with Gasteiger partial charge in [0.15, 0.2) is 5.13 Å². The molecule has 0 saturated carbocycles. The number of carboxylic acid groups (broad SMARTS) is 1. The molecular weight excluding hydrogens is 302 g/mol. The van der Waals surface area contributed by atoms with Crippen LogP contribution in [0.5, 0.6) is 0 Å². The molecule has 0 amide bonds. The lowest BCUT2D eigenvalue weighted by Crippen LogP contribution is -2.34. The van der Waals surface area contributed by atoms with Crippen molar-refractivity contribution < 1.29 is 18.3 Å². The second kappa shape index (κ2) is 5.73. The van der Waals surface area contributed by atoms with Crippen LogP contribution in [0.15, 0.2) is 24.3 Å². The zero-order valence-electron chi connectivity index (χ0n) is 10.6. The predicted molar refractivity (Wildman–Crippen MR) is 77.0 cm³/mol. The lowest BCUT2D eigenvalue weighted by atomic mass is 10.3. The first-order chi connectivity index (χ1) is 9.38. The first-order valence-electron chi connectivity index (χ1n) is 5.70. The quantitative estimate of drug-likeness (QED) is 0.838. The first-order valence-corrected chi connectivity index (χ1v) is 7.95. The van der Waals surface area contributed by atoms with Crippen molar-refractivity contribution in [1.82, 2.24) is 9.29 Å². The molecule has 0 bridgehead atoms. The minimum atomic E-state index is -3.79. The number of anilines is 1. The second-order valence-electron chi connectivity index (χ2n) is 4.06. The van der Waals surface area contributed by atoms with Gasteiger partial charge in [0, 0.05) is 13.6 Å². The fourth-order valence-corrected chi connectivity index (χ4v) is 3.43. The van der Waals surface area contributed by atoms with Crippen LogP contribution in [0.25, 0.3) is 10.2 Å². The van der Waals surface area contributed by atoms with E-state index in [0.717, 1.165) is 9.01 Å². The number of benzene rings is 1. The molecule has 0 aliphatic rings. The van der Waals surface area contributed by atoms with Crippen molar-refractivity contribution in [2.24, 2.45) is 0 Å². The Morgan fingerprint density at radius 3 is 2.80 bits per heavy atom. The lowest BCUT2D eigenvalue weighted by Gasteiger charge is -2.15. The van der Waals surface area contributed by atoms with Crippen LogP contribution in [-0.2, 0) is 15.0 Å². The number of hydrogen-bond acceptors (Lipinski definition) is 5. The molecule has 2 aromatic rings. The molecule has 0 aliphatic carbocycles. The average Bonchev–Trinajstić information content (AvgIpc) is 2.76. The molecule has 0 saturated heterocycles. The number of aromatic nitrogens is 1. The number of nitrogens with zero attached hydrogens (tertiary/aromatic N) is 2. The second-order valence-corrected chi connectivity index (χ2v) is 6.87. The number of nitrogens with one attached hydrogen (secondary N) is 1. The van der Waals surface area contributed by atoms with Crippen LogP contribution in [0.3, 0.4) is 0 Å². The van der Waals surface area contributed by atoms with Crippen LogP contribution >= 0.6 is 11.3 Å². The van der Waals surface area contributed by atoms with Crippen molar-refractivity contribution in [3.05, 3.63) is 24.3 Å².